The Bertz CT molecular complexity index is 1110. The molecule has 9 heteroatoms. The molecule has 1 heterocycles. The fourth-order valence-electron chi connectivity index (χ4n) is 2.54. The molecule has 0 fully saturated rings. The molecule has 0 saturated heterocycles. The second kappa shape index (κ2) is 7.99. The molecule has 2 N–H and O–H groups in total. The van der Waals surface area contributed by atoms with Gasteiger partial charge in [0.1, 0.15) is 10.6 Å². The number of benzene rings is 2. The van der Waals surface area contributed by atoms with Crippen molar-refractivity contribution < 1.29 is 17.9 Å². The van der Waals surface area contributed by atoms with E-state index in [0.717, 1.165) is 11.1 Å². The van der Waals surface area contributed by atoms with E-state index in [9.17, 15) is 13.2 Å². The first-order valence-electron chi connectivity index (χ1n) is 8.29. The minimum atomic E-state index is -3.84. The van der Waals surface area contributed by atoms with Crippen LogP contribution in [0.5, 0.6) is 5.75 Å². The van der Waals surface area contributed by atoms with E-state index in [1.54, 1.807) is 35.7 Å². The molecular formula is C19H19N3O4S2. The van der Waals surface area contributed by atoms with Gasteiger partial charge in [-0.1, -0.05) is 18.2 Å². The predicted molar refractivity (Wildman–Crippen MR) is 110 cm³/mol. The third-order valence-corrected chi connectivity index (χ3v) is 6.08. The standard InChI is InChI=1S/C19H19N3O4S2/c1-12-4-9-17(26-3)18(10-12)28(24,25)22-19-21-16(11-27-19)14-5-7-15(8-6-14)20-13(2)23/h4-11H,1-3H3,(H,20,23)(H,21,22). The summed E-state index contributed by atoms with van der Waals surface area (Å²) in [6, 6.07) is 12.1. The van der Waals surface area contributed by atoms with Gasteiger partial charge in [-0.2, -0.15) is 0 Å². The van der Waals surface area contributed by atoms with Gasteiger partial charge < -0.3 is 10.1 Å². The van der Waals surface area contributed by atoms with Crippen LogP contribution >= 0.6 is 11.3 Å². The second-order valence-electron chi connectivity index (χ2n) is 6.06. The van der Waals surface area contributed by atoms with Crippen molar-refractivity contribution in [2.75, 3.05) is 17.1 Å². The Labute approximate surface area is 167 Å². The smallest absolute Gasteiger partial charge is 0.267 e. The number of amides is 1. The molecule has 28 heavy (non-hydrogen) atoms. The van der Waals surface area contributed by atoms with Crippen molar-refractivity contribution in [1.82, 2.24) is 4.98 Å². The first-order chi connectivity index (χ1) is 13.3. The lowest BCUT2D eigenvalue weighted by Crippen LogP contribution is -2.14. The summed E-state index contributed by atoms with van der Waals surface area (Å²) in [6.07, 6.45) is 0. The van der Waals surface area contributed by atoms with Crippen LogP contribution in [-0.4, -0.2) is 26.4 Å². The van der Waals surface area contributed by atoms with E-state index in [1.165, 1.54) is 25.4 Å². The van der Waals surface area contributed by atoms with E-state index in [0.29, 0.717) is 11.4 Å². The highest BCUT2D eigenvalue weighted by molar-refractivity contribution is 7.93. The molecule has 0 aliphatic heterocycles. The van der Waals surface area contributed by atoms with Crippen molar-refractivity contribution in [2.24, 2.45) is 0 Å². The van der Waals surface area contributed by atoms with Crippen LogP contribution < -0.4 is 14.8 Å². The zero-order valence-corrected chi connectivity index (χ0v) is 17.1. The van der Waals surface area contributed by atoms with Crippen LogP contribution in [0, 0.1) is 6.92 Å². The van der Waals surface area contributed by atoms with E-state index in [2.05, 4.69) is 15.0 Å². The van der Waals surface area contributed by atoms with E-state index < -0.39 is 10.0 Å². The Morgan fingerprint density at radius 2 is 1.86 bits per heavy atom. The van der Waals surface area contributed by atoms with Crippen LogP contribution in [0.3, 0.4) is 0 Å². The van der Waals surface area contributed by atoms with Gasteiger partial charge in [-0.3, -0.25) is 9.52 Å². The molecule has 0 unspecified atom stereocenters. The summed E-state index contributed by atoms with van der Waals surface area (Å²) >= 11 is 1.19. The summed E-state index contributed by atoms with van der Waals surface area (Å²) in [6.45, 7) is 3.25. The monoisotopic (exact) mass is 417 g/mol. The average molecular weight is 418 g/mol. The number of sulfonamides is 1. The van der Waals surface area contributed by atoms with Gasteiger partial charge in [0.15, 0.2) is 5.13 Å². The van der Waals surface area contributed by atoms with E-state index in [4.69, 9.17) is 4.74 Å². The molecule has 1 aromatic heterocycles. The molecule has 0 aliphatic rings. The molecule has 7 nitrogen and oxygen atoms in total. The molecule has 3 aromatic rings. The SMILES string of the molecule is COc1ccc(C)cc1S(=O)(=O)Nc1nc(-c2ccc(NC(C)=O)cc2)cs1. The Morgan fingerprint density at radius 1 is 1.14 bits per heavy atom. The summed E-state index contributed by atoms with van der Waals surface area (Å²) < 4.78 is 33.2. The Hall–Kier alpha value is -2.91. The molecule has 146 valence electrons. The first-order valence-corrected chi connectivity index (χ1v) is 10.7. The number of anilines is 2. The number of nitrogens with zero attached hydrogens (tertiary/aromatic N) is 1. The van der Waals surface area contributed by atoms with Crippen LogP contribution in [-0.2, 0) is 14.8 Å². The molecule has 3 rings (SSSR count). The van der Waals surface area contributed by atoms with Gasteiger partial charge in [0, 0.05) is 23.6 Å². The van der Waals surface area contributed by atoms with Crippen LogP contribution in [0.15, 0.2) is 52.7 Å². The molecule has 0 aliphatic carbocycles. The van der Waals surface area contributed by atoms with Crippen LogP contribution in [0.1, 0.15) is 12.5 Å². The second-order valence-corrected chi connectivity index (χ2v) is 8.57. The molecule has 2 aromatic carbocycles. The molecule has 0 bridgehead atoms. The summed E-state index contributed by atoms with van der Waals surface area (Å²) in [5.41, 5.74) is 2.93. The highest BCUT2D eigenvalue weighted by Gasteiger charge is 2.21. The molecular weight excluding hydrogens is 398 g/mol. The number of hydrogen-bond acceptors (Lipinski definition) is 6. The maximum Gasteiger partial charge on any atom is 0.267 e. The van der Waals surface area contributed by atoms with Gasteiger partial charge in [0.2, 0.25) is 5.91 Å². The normalized spacial score (nSPS) is 11.1. The molecule has 0 spiro atoms. The maximum absolute atomic E-state index is 12.8. The minimum absolute atomic E-state index is 0.0615. The zero-order chi connectivity index (χ0) is 20.3. The number of rotatable bonds is 6. The van der Waals surface area contributed by atoms with Crippen LogP contribution in [0.4, 0.5) is 10.8 Å². The van der Waals surface area contributed by atoms with Crippen molar-refractivity contribution in [1.29, 1.82) is 0 Å². The minimum Gasteiger partial charge on any atom is -0.495 e. The number of thiazole rings is 1. The Kier molecular flexibility index (Phi) is 5.66. The van der Waals surface area contributed by atoms with Crippen molar-refractivity contribution >= 4 is 38.1 Å². The zero-order valence-electron chi connectivity index (χ0n) is 15.5. The van der Waals surface area contributed by atoms with Crippen LogP contribution in [0.25, 0.3) is 11.3 Å². The fraction of sp³-hybridized carbons (Fsp3) is 0.158. The number of nitrogens with one attached hydrogen (secondary N) is 2. The van der Waals surface area contributed by atoms with E-state index in [-0.39, 0.29) is 21.7 Å². The molecule has 0 radical (unpaired) electrons. The topological polar surface area (TPSA) is 97.4 Å². The number of aromatic nitrogens is 1. The number of carbonyl (C=O) groups excluding carboxylic acids is 1. The fourth-order valence-corrected chi connectivity index (χ4v) is 4.77. The Morgan fingerprint density at radius 3 is 2.50 bits per heavy atom. The van der Waals surface area contributed by atoms with Gasteiger partial charge in [-0.05, 0) is 36.8 Å². The van der Waals surface area contributed by atoms with E-state index in [1.807, 2.05) is 19.1 Å². The first kappa shape index (κ1) is 19.8. The highest BCUT2D eigenvalue weighted by Crippen LogP contribution is 2.30. The van der Waals surface area contributed by atoms with Crippen molar-refractivity contribution in [3.8, 4) is 17.0 Å². The van der Waals surface area contributed by atoms with Crippen molar-refractivity contribution in [3.63, 3.8) is 0 Å². The number of carbonyl (C=O) groups is 1. The quantitative estimate of drug-likeness (QED) is 0.634. The lowest BCUT2D eigenvalue weighted by atomic mass is 10.1. The molecule has 1 amide bonds. The summed E-state index contributed by atoms with van der Waals surface area (Å²) in [7, 11) is -2.42. The highest BCUT2D eigenvalue weighted by atomic mass is 32.2. The maximum atomic E-state index is 12.8. The Balaban J connectivity index is 1.83. The van der Waals surface area contributed by atoms with Crippen LogP contribution in [0.2, 0.25) is 0 Å². The number of aryl methyl sites for hydroxylation is 1. The summed E-state index contributed by atoms with van der Waals surface area (Å²) in [5, 5.41) is 4.71. The lowest BCUT2D eigenvalue weighted by molar-refractivity contribution is -0.114. The average Bonchev–Trinajstić information content (AvgIpc) is 3.09. The molecule has 0 saturated carbocycles. The lowest BCUT2D eigenvalue weighted by Gasteiger charge is -2.10. The van der Waals surface area contributed by atoms with Gasteiger partial charge in [0.05, 0.1) is 12.8 Å². The third-order valence-electron chi connectivity index (χ3n) is 3.84. The molecule has 0 atom stereocenters. The predicted octanol–water partition coefficient (Wildman–Crippen LogP) is 3.89. The summed E-state index contributed by atoms with van der Waals surface area (Å²) in [5.74, 6) is 0.119. The number of ether oxygens (including phenoxy) is 1. The number of hydrogen-bond donors (Lipinski definition) is 2. The van der Waals surface area contributed by atoms with Gasteiger partial charge in [-0.15, -0.1) is 11.3 Å². The van der Waals surface area contributed by atoms with Crippen molar-refractivity contribution in [2.45, 2.75) is 18.7 Å². The van der Waals surface area contributed by atoms with Gasteiger partial charge in [-0.25, -0.2) is 13.4 Å². The summed E-state index contributed by atoms with van der Waals surface area (Å²) in [4.78, 5) is 15.5. The van der Waals surface area contributed by atoms with E-state index >= 15 is 0 Å². The number of methoxy groups -OCH3 is 1. The third kappa shape index (κ3) is 4.49. The van der Waals surface area contributed by atoms with Gasteiger partial charge >= 0.3 is 0 Å². The largest absolute Gasteiger partial charge is 0.495 e. The van der Waals surface area contributed by atoms with Gasteiger partial charge in [0.25, 0.3) is 10.0 Å². The van der Waals surface area contributed by atoms with Crippen molar-refractivity contribution in [3.05, 3.63) is 53.4 Å².